The van der Waals surface area contributed by atoms with Crippen molar-refractivity contribution in [3.05, 3.63) is 58.1 Å². The van der Waals surface area contributed by atoms with Crippen molar-refractivity contribution >= 4 is 21.6 Å². The van der Waals surface area contributed by atoms with E-state index in [0.29, 0.717) is 15.9 Å². The van der Waals surface area contributed by atoms with E-state index < -0.39 is 0 Å². The van der Waals surface area contributed by atoms with Crippen LogP contribution in [0.2, 0.25) is 0 Å². The zero-order valence-electron chi connectivity index (χ0n) is 11.1. The molecule has 0 saturated heterocycles. The second-order valence-corrected chi connectivity index (χ2v) is 5.23. The van der Waals surface area contributed by atoms with Crippen LogP contribution in [0.15, 0.2) is 40.9 Å². The molecule has 1 atom stereocenters. The Bertz CT molecular complexity index is 619. The number of methoxy groups -OCH3 is 1. The third kappa shape index (κ3) is 3.28. The monoisotopic (exact) mass is 341 g/mol. The van der Waals surface area contributed by atoms with Crippen molar-refractivity contribution in [2.75, 3.05) is 12.4 Å². The van der Waals surface area contributed by atoms with E-state index >= 15 is 0 Å². The lowest BCUT2D eigenvalue weighted by atomic mass is 10.1. The van der Waals surface area contributed by atoms with Gasteiger partial charge in [-0.2, -0.15) is 0 Å². The first kappa shape index (κ1) is 14.8. The van der Waals surface area contributed by atoms with Gasteiger partial charge in [0.2, 0.25) is 0 Å². The second-order valence-electron chi connectivity index (χ2n) is 4.38. The van der Waals surface area contributed by atoms with Gasteiger partial charge < -0.3 is 10.1 Å². The summed E-state index contributed by atoms with van der Waals surface area (Å²) in [5, 5.41) is 3.22. The van der Waals surface area contributed by atoms with Crippen molar-refractivity contribution in [1.82, 2.24) is 0 Å². The average Bonchev–Trinajstić information content (AvgIpc) is 2.40. The van der Waals surface area contributed by atoms with E-state index in [9.17, 15) is 8.78 Å². The molecule has 0 aromatic heterocycles. The Morgan fingerprint density at radius 3 is 2.40 bits per heavy atom. The van der Waals surface area contributed by atoms with E-state index in [1.165, 1.54) is 31.4 Å². The van der Waals surface area contributed by atoms with Gasteiger partial charge in [-0.05, 0) is 36.8 Å². The summed E-state index contributed by atoms with van der Waals surface area (Å²) in [6, 6.07) is 8.71. The highest BCUT2D eigenvalue weighted by Crippen LogP contribution is 2.31. The summed E-state index contributed by atoms with van der Waals surface area (Å²) in [6.07, 6.45) is 0. The number of halogens is 3. The van der Waals surface area contributed by atoms with Crippen LogP contribution in [0.3, 0.4) is 0 Å². The molecule has 0 aliphatic heterocycles. The van der Waals surface area contributed by atoms with Crippen molar-refractivity contribution in [2.24, 2.45) is 0 Å². The summed E-state index contributed by atoms with van der Waals surface area (Å²) in [5.41, 5.74) is 1.58. The standard InChI is InChI=1S/C15H14BrF2NO/c1-9(12-5-3-10(17)7-13(12)16)19-14-6-4-11(18)8-15(14)20-2/h3-9,19H,1-2H3. The molecule has 1 unspecified atom stereocenters. The minimum Gasteiger partial charge on any atom is -0.494 e. The van der Waals surface area contributed by atoms with Gasteiger partial charge in [0, 0.05) is 16.6 Å². The SMILES string of the molecule is COc1cc(F)ccc1NC(C)c1ccc(F)cc1Br. The van der Waals surface area contributed by atoms with E-state index in [4.69, 9.17) is 4.74 Å². The molecule has 0 aliphatic rings. The molecule has 0 spiro atoms. The summed E-state index contributed by atoms with van der Waals surface area (Å²) >= 11 is 3.34. The van der Waals surface area contributed by atoms with Crippen LogP contribution < -0.4 is 10.1 Å². The molecule has 0 aliphatic carbocycles. The molecule has 5 heteroatoms. The second kappa shape index (κ2) is 6.22. The van der Waals surface area contributed by atoms with Gasteiger partial charge in [0.05, 0.1) is 12.8 Å². The third-order valence-electron chi connectivity index (χ3n) is 2.96. The normalized spacial score (nSPS) is 12.1. The van der Waals surface area contributed by atoms with E-state index in [2.05, 4.69) is 21.2 Å². The molecule has 0 fully saturated rings. The molecule has 2 aromatic rings. The minimum atomic E-state index is -0.358. The average molecular weight is 342 g/mol. The molecule has 2 rings (SSSR count). The van der Waals surface area contributed by atoms with Crippen LogP contribution in [0.25, 0.3) is 0 Å². The van der Waals surface area contributed by atoms with Gasteiger partial charge in [-0.3, -0.25) is 0 Å². The molecule has 106 valence electrons. The Morgan fingerprint density at radius 1 is 1.10 bits per heavy atom. The van der Waals surface area contributed by atoms with Gasteiger partial charge >= 0.3 is 0 Å². The number of rotatable bonds is 4. The minimum absolute atomic E-state index is 0.0932. The van der Waals surface area contributed by atoms with Crippen molar-refractivity contribution in [1.29, 1.82) is 0 Å². The Balaban J connectivity index is 2.25. The zero-order valence-corrected chi connectivity index (χ0v) is 12.7. The third-order valence-corrected chi connectivity index (χ3v) is 3.65. The maximum Gasteiger partial charge on any atom is 0.144 e. The number of ether oxygens (including phenoxy) is 1. The van der Waals surface area contributed by atoms with Crippen LogP contribution in [0.4, 0.5) is 14.5 Å². The molecule has 20 heavy (non-hydrogen) atoms. The summed E-state index contributed by atoms with van der Waals surface area (Å²) in [5.74, 6) is -0.231. The highest BCUT2D eigenvalue weighted by atomic mass is 79.9. The quantitative estimate of drug-likeness (QED) is 0.853. The first-order valence-corrected chi connectivity index (χ1v) is 6.85. The summed E-state index contributed by atoms with van der Waals surface area (Å²) in [6.45, 7) is 1.93. The van der Waals surface area contributed by atoms with Crippen LogP contribution in [-0.2, 0) is 0 Å². The molecule has 0 radical (unpaired) electrons. The fourth-order valence-corrected chi connectivity index (χ4v) is 2.64. The van der Waals surface area contributed by atoms with Gasteiger partial charge in [-0.1, -0.05) is 22.0 Å². The molecule has 0 bridgehead atoms. The summed E-state index contributed by atoms with van der Waals surface area (Å²) in [4.78, 5) is 0. The first-order valence-electron chi connectivity index (χ1n) is 6.06. The van der Waals surface area contributed by atoms with Gasteiger partial charge in [0.15, 0.2) is 0 Å². The molecule has 1 N–H and O–H groups in total. The summed E-state index contributed by atoms with van der Waals surface area (Å²) < 4.78 is 32.1. The van der Waals surface area contributed by atoms with Crippen LogP contribution in [-0.4, -0.2) is 7.11 Å². The van der Waals surface area contributed by atoms with Crippen molar-refractivity contribution in [3.63, 3.8) is 0 Å². The van der Waals surface area contributed by atoms with Gasteiger partial charge in [-0.15, -0.1) is 0 Å². The lowest BCUT2D eigenvalue weighted by Gasteiger charge is -2.19. The highest BCUT2D eigenvalue weighted by Gasteiger charge is 2.12. The van der Waals surface area contributed by atoms with Crippen LogP contribution in [0.5, 0.6) is 5.75 Å². The van der Waals surface area contributed by atoms with E-state index in [1.807, 2.05) is 6.92 Å². The number of hydrogen-bond donors (Lipinski definition) is 1. The highest BCUT2D eigenvalue weighted by molar-refractivity contribution is 9.10. The van der Waals surface area contributed by atoms with E-state index in [0.717, 1.165) is 5.56 Å². The Kier molecular flexibility index (Phi) is 4.60. The molecule has 2 nitrogen and oxygen atoms in total. The number of benzene rings is 2. The molecular weight excluding hydrogens is 328 g/mol. The topological polar surface area (TPSA) is 21.3 Å². The number of hydrogen-bond acceptors (Lipinski definition) is 2. The summed E-state index contributed by atoms with van der Waals surface area (Å²) in [7, 11) is 1.48. The van der Waals surface area contributed by atoms with Crippen molar-refractivity contribution < 1.29 is 13.5 Å². The molecule has 0 amide bonds. The molecule has 2 aromatic carbocycles. The van der Waals surface area contributed by atoms with E-state index in [-0.39, 0.29) is 17.7 Å². The first-order chi connectivity index (χ1) is 9.51. The largest absolute Gasteiger partial charge is 0.494 e. The smallest absolute Gasteiger partial charge is 0.144 e. The zero-order chi connectivity index (χ0) is 14.7. The fourth-order valence-electron chi connectivity index (χ4n) is 1.95. The maximum absolute atomic E-state index is 13.1. The lowest BCUT2D eigenvalue weighted by Crippen LogP contribution is -2.08. The van der Waals surface area contributed by atoms with Gasteiger partial charge in [0.25, 0.3) is 0 Å². The Morgan fingerprint density at radius 2 is 1.75 bits per heavy atom. The predicted octanol–water partition coefficient (Wildman–Crippen LogP) is 4.91. The number of anilines is 1. The predicted molar refractivity (Wildman–Crippen MR) is 79.1 cm³/mol. The van der Waals surface area contributed by atoms with Crippen LogP contribution >= 0.6 is 15.9 Å². The Labute approximate surface area is 124 Å². The van der Waals surface area contributed by atoms with Crippen LogP contribution in [0, 0.1) is 11.6 Å². The molecule has 0 heterocycles. The van der Waals surface area contributed by atoms with E-state index in [1.54, 1.807) is 12.1 Å². The maximum atomic E-state index is 13.1. The van der Waals surface area contributed by atoms with Crippen LogP contribution in [0.1, 0.15) is 18.5 Å². The lowest BCUT2D eigenvalue weighted by molar-refractivity contribution is 0.412. The fraction of sp³-hybridized carbons (Fsp3) is 0.200. The van der Waals surface area contributed by atoms with Gasteiger partial charge in [-0.25, -0.2) is 8.78 Å². The van der Waals surface area contributed by atoms with Gasteiger partial charge in [0.1, 0.15) is 17.4 Å². The van der Waals surface area contributed by atoms with Crippen molar-refractivity contribution in [3.8, 4) is 5.75 Å². The van der Waals surface area contributed by atoms with Crippen molar-refractivity contribution in [2.45, 2.75) is 13.0 Å². The molecular formula is C15H14BrF2NO. The number of nitrogens with one attached hydrogen (secondary N) is 1. The molecule has 0 saturated carbocycles. The Hall–Kier alpha value is -1.62.